The number of hydrogen-bond acceptors (Lipinski definition) is 8. The number of fused-ring (bicyclic) bond motifs is 2. The molecule has 4 rings (SSSR count). The molecule has 2 aromatic rings. The third-order valence-corrected chi connectivity index (χ3v) is 6.96. The van der Waals surface area contributed by atoms with E-state index in [-0.39, 0.29) is 45.3 Å². The number of hydrogen-bond donors (Lipinski definition) is 4. The Hall–Kier alpha value is -2.81. The highest BCUT2D eigenvalue weighted by atomic mass is 35.5. The van der Waals surface area contributed by atoms with Gasteiger partial charge in [0.2, 0.25) is 11.6 Å². The topological polar surface area (TPSA) is 105 Å². The van der Waals surface area contributed by atoms with Crippen molar-refractivity contribution in [1.82, 2.24) is 9.80 Å². The lowest BCUT2D eigenvalue weighted by atomic mass is 9.81. The van der Waals surface area contributed by atoms with Gasteiger partial charge in [0, 0.05) is 36.4 Å². The van der Waals surface area contributed by atoms with Crippen molar-refractivity contribution >= 4 is 34.5 Å². The Morgan fingerprint density at radius 2 is 1.62 bits per heavy atom. The van der Waals surface area contributed by atoms with Gasteiger partial charge >= 0.3 is 0 Å². The van der Waals surface area contributed by atoms with Crippen LogP contribution in [0.3, 0.4) is 0 Å². The van der Waals surface area contributed by atoms with Crippen molar-refractivity contribution in [2.45, 2.75) is 31.3 Å². The van der Waals surface area contributed by atoms with Gasteiger partial charge in [-0.1, -0.05) is 0 Å². The molecule has 34 heavy (non-hydrogen) atoms. The number of carbonyl (C=O) groups excluding carboxylic acids is 2. The zero-order chi connectivity index (χ0) is 24.6. The summed E-state index contributed by atoms with van der Waals surface area (Å²) in [6.07, 6.45) is 1.96. The first-order valence-electron chi connectivity index (χ1n) is 11.5. The van der Waals surface area contributed by atoms with Crippen molar-refractivity contribution in [1.29, 1.82) is 0 Å². The molecule has 0 amide bonds. The standard InChI is InChI=1S/C25H31ClN4O4/c1-14(29(2)3)28-17-7-6-16(27-10-12-30-11-4-5-15(26)13-30)20-21(17)25(34)23-19(32)9-8-18(31)22(23)24(20)33/h6-9,14-15,27-28,31-32H,4-5,10-13H2,1-3H3. The molecule has 0 bridgehead atoms. The molecule has 2 atom stereocenters. The van der Waals surface area contributed by atoms with Crippen molar-refractivity contribution < 1.29 is 19.8 Å². The van der Waals surface area contributed by atoms with E-state index < -0.39 is 11.6 Å². The first-order chi connectivity index (χ1) is 16.2. The van der Waals surface area contributed by atoms with Gasteiger partial charge in [-0.2, -0.15) is 0 Å². The summed E-state index contributed by atoms with van der Waals surface area (Å²) in [5, 5.41) is 27.5. The Morgan fingerprint density at radius 3 is 2.21 bits per heavy atom. The quantitative estimate of drug-likeness (QED) is 0.229. The molecule has 2 unspecified atom stereocenters. The zero-order valence-electron chi connectivity index (χ0n) is 19.7. The second-order valence-corrected chi connectivity index (χ2v) is 9.79. The molecule has 8 nitrogen and oxygen atoms in total. The number of halogens is 1. The minimum atomic E-state index is -0.504. The van der Waals surface area contributed by atoms with Gasteiger partial charge < -0.3 is 25.7 Å². The summed E-state index contributed by atoms with van der Waals surface area (Å²) >= 11 is 6.30. The monoisotopic (exact) mass is 486 g/mol. The fourth-order valence-corrected chi connectivity index (χ4v) is 4.89. The van der Waals surface area contributed by atoms with Crippen LogP contribution in [0.2, 0.25) is 0 Å². The summed E-state index contributed by atoms with van der Waals surface area (Å²) < 4.78 is 0. The summed E-state index contributed by atoms with van der Waals surface area (Å²) in [4.78, 5) is 31.4. The Bertz CT molecular complexity index is 1120. The van der Waals surface area contributed by atoms with Crippen LogP contribution in [0.1, 0.15) is 51.6 Å². The highest BCUT2D eigenvalue weighted by Crippen LogP contribution is 2.42. The molecule has 1 aliphatic carbocycles. The van der Waals surface area contributed by atoms with Crippen molar-refractivity contribution in [2.24, 2.45) is 0 Å². The molecule has 4 N–H and O–H groups in total. The Morgan fingerprint density at radius 1 is 1.03 bits per heavy atom. The van der Waals surface area contributed by atoms with E-state index in [4.69, 9.17) is 11.6 Å². The lowest BCUT2D eigenvalue weighted by molar-refractivity contribution is 0.0975. The molecule has 9 heteroatoms. The third-order valence-electron chi connectivity index (χ3n) is 6.61. The molecular weight excluding hydrogens is 456 g/mol. The van der Waals surface area contributed by atoms with E-state index in [9.17, 15) is 19.8 Å². The summed E-state index contributed by atoms with van der Waals surface area (Å²) in [6, 6.07) is 6.00. The first kappa shape index (κ1) is 24.3. The van der Waals surface area contributed by atoms with Gasteiger partial charge in [-0.15, -0.1) is 11.6 Å². The Labute approximate surface area is 204 Å². The maximum Gasteiger partial charge on any atom is 0.200 e. The van der Waals surface area contributed by atoms with Gasteiger partial charge in [0.15, 0.2) is 0 Å². The second kappa shape index (κ2) is 9.82. The first-order valence-corrected chi connectivity index (χ1v) is 12.0. The molecule has 0 saturated carbocycles. The number of phenolic OH excluding ortho intramolecular Hbond substituents is 2. The number of alkyl halides is 1. The van der Waals surface area contributed by atoms with Gasteiger partial charge in [0.25, 0.3) is 0 Å². The van der Waals surface area contributed by atoms with Gasteiger partial charge in [-0.3, -0.25) is 14.5 Å². The van der Waals surface area contributed by atoms with Crippen molar-refractivity contribution in [2.75, 3.05) is 50.9 Å². The summed E-state index contributed by atoms with van der Waals surface area (Å²) in [6.45, 7) is 5.06. The van der Waals surface area contributed by atoms with Crippen LogP contribution in [0.15, 0.2) is 24.3 Å². The number of benzene rings is 2. The van der Waals surface area contributed by atoms with Gasteiger partial charge in [0.1, 0.15) is 11.5 Å². The van der Waals surface area contributed by atoms with Crippen molar-refractivity contribution in [3.63, 3.8) is 0 Å². The number of anilines is 2. The molecule has 0 aromatic heterocycles. The molecule has 1 saturated heterocycles. The lowest BCUT2D eigenvalue weighted by Gasteiger charge is -2.30. The van der Waals surface area contributed by atoms with Crippen LogP contribution >= 0.6 is 11.6 Å². The zero-order valence-corrected chi connectivity index (χ0v) is 20.4. The van der Waals surface area contributed by atoms with E-state index in [2.05, 4.69) is 15.5 Å². The normalized spacial score (nSPS) is 19.0. The van der Waals surface area contributed by atoms with Crippen LogP contribution in [0.5, 0.6) is 11.5 Å². The van der Waals surface area contributed by atoms with E-state index in [0.29, 0.717) is 17.9 Å². The second-order valence-electron chi connectivity index (χ2n) is 9.17. The number of carbonyl (C=O) groups is 2. The van der Waals surface area contributed by atoms with Gasteiger partial charge in [-0.25, -0.2) is 0 Å². The number of phenols is 2. The van der Waals surface area contributed by atoms with Crippen LogP contribution in [0, 0.1) is 0 Å². The molecule has 2 aliphatic rings. The van der Waals surface area contributed by atoms with Crippen molar-refractivity contribution in [3.05, 3.63) is 46.5 Å². The predicted molar refractivity (Wildman–Crippen MR) is 134 cm³/mol. The van der Waals surface area contributed by atoms with Crippen LogP contribution in [0.25, 0.3) is 0 Å². The largest absolute Gasteiger partial charge is 0.507 e. The summed E-state index contributed by atoms with van der Waals surface area (Å²) in [7, 11) is 3.80. The van der Waals surface area contributed by atoms with E-state index in [0.717, 1.165) is 32.5 Å². The summed E-state index contributed by atoms with van der Waals surface area (Å²) in [5.74, 6) is -1.66. The molecule has 1 heterocycles. The minimum absolute atomic E-state index is 0.118. The molecule has 1 aliphatic heterocycles. The maximum atomic E-state index is 13.6. The van der Waals surface area contributed by atoms with Crippen molar-refractivity contribution in [3.8, 4) is 11.5 Å². The molecule has 0 radical (unpaired) electrons. The fraction of sp³-hybridized carbons (Fsp3) is 0.440. The van der Waals surface area contributed by atoms with E-state index in [1.54, 1.807) is 12.1 Å². The van der Waals surface area contributed by atoms with Crippen LogP contribution in [0.4, 0.5) is 11.4 Å². The Balaban J connectivity index is 1.71. The number of aromatic hydroxyl groups is 2. The fourth-order valence-electron chi connectivity index (χ4n) is 4.54. The van der Waals surface area contributed by atoms with Crippen LogP contribution < -0.4 is 10.6 Å². The number of ketones is 2. The highest BCUT2D eigenvalue weighted by Gasteiger charge is 2.38. The molecule has 1 fully saturated rings. The molecule has 182 valence electrons. The van der Waals surface area contributed by atoms with Crippen LogP contribution in [-0.4, -0.2) is 83.4 Å². The minimum Gasteiger partial charge on any atom is -0.507 e. The number of piperidine rings is 1. The summed E-state index contributed by atoms with van der Waals surface area (Å²) in [5.41, 5.74) is 1.06. The third kappa shape index (κ3) is 4.58. The van der Waals surface area contributed by atoms with Gasteiger partial charge in [-0.05, 0) is 64.7 Å². The molecule has 0 spiro atoms. The lowest BCUT2D eigenvalue weighted by Crippen LogP contribution is -2.38. The average Bonchev–Trinajstić information content (AvgIpc) is 2.79. The number of rotatable bonds is 7. The SMILES string of the molecule is CC(Nc1ccc(NCCN2CCCC(Cl)C2)c2c1C(=O)c1c(O)ccc(O)c1C2=O)N(C)C. The Kier molecular flexibility index (Phi) is 7.02. The van der Waals surface area contributed by atoms with E-state index in [1.165, 1.54) is 12.1 Å². The number of likely N-dealkylation sites (tertiary alicyclic amines) is 1. The molecular formula is C25H31ClN4O4. The predicted octanol–water partition coefficient (Wildman–Crippen LogP) is 3.31. The van der Waals surface area contributed by atoms with Crippen LogP contribution in [-0.2, 0) is 0 Å². The average molecular weight is 487 g/mol. The van der Waals surface area contributed by atoms with E-state index in [1.807, 2.05) is 25.9 Å². The smallest absolute Gasteiger partial charge is 0.200 e. The maximum absolute atomic E-state index is 13.6. The van der Waals surface area contributed by atoms with E-state index >= 15 is 0 Å². The highest BCUT2D eigenvalue weighted by molar-refractivity contribution is 6.33. The number of nitrogens with one attached hydrogen (secondary N) is 2. The molecule has 2 aromatic carbocycles. The number of nitrogens with zero attached hydrogens (tertiary/aromatic N) is 2. The van der Waals surface area contributed by atoms with Gasteiger partial charge in [0.05, 0.1) is 28.4 Å².